The second kappa shape index (κ2) is 6.49. The second-order valence-corrected chi connectivity index (χ2v) is 5.42. The first-order valence-corrected chi connectivity index (χ1v) is 7.48. The molecule has 2 aromatic carbocycles. The number of carboxylic acids is 1. The molecule has 0 saturated carbocycles. The van der Waals surface area contributed by atoms with Crippen molar-refractivity contribution in [3.63, 3.8) is 0 Å². The molecule has 6 nitrogen and oxygen atoms in total. The maximum atomic E-state index is 12.8. The Labute approximate surface area is 144 Å². The summed E-state index contributed by atoms with van der Waals surface area (Å²) in [5, 5.41) is 18.4. The summed E-state index contributed by atoms with van der Waals surface area (Å²) in [7, 11) is 1.57. The number of fused-ring (bicyclic) bond motifs is 1. The molecule has 2 aromatic rings. The Morgan fingerprint density at radius 3 is 2.48 bits per heavy atom. The van der Waals surface area contributed by atoms with E-state index in [2.05, 4.69) is 0 Å². The van der Waals surface area contributed by atoms with Crippen LogP contribution in [0, 0.1) is 11.3 Å². The van der Waals surface area contributed by atoms with Crippen molar-refractivity contribution in [1.82, 2.24) is 0 Å². The number of benzene rings is 2. The van der Waals surface area contributed by atoms with Crippen molar-refractivity contribution in [2.45, 2.75) is 6.54 Å². The van der Waals surface area contributed by atoms with Gasteiger partial charge in [0, 0.05) is 5.56 Å². The van der Waals surface area contributed by atoms with E-state index < -0.39 is 17.4 Å². The van der Waals surface area contributed by atoms with Crippen molar-refractivity contribution in [1.29, 1.82) is 5.26 Å². The SMILES string of the molecule is COc1ccc(CN2C(=O)/C(=C(\C#N)C(=O)O)c3ccccc32)cc1. The van der Waals surface area contributed by atoms with Gasteiger partial charge in [-0.3, -0.25) is 4.79 Å². The molecule has 0 radical (unpaired) electrons. The standard InChI is InChI=1S/C19H14N2O4/c1-25-13-8-6-12(7-9-13)11-21-16-5-3-2-4-14(16)17(18(21)22)15(10-20)19(23)24/h2-9H,11H2,1H3,(H,23,24)/b17-15+. The van der Waals surface area contributed by atoms with Crippen molar-refractivity contribution in [3.8, 4) is 11.8 Å². The van der Waals surface area contributed by atoms with Gasteiger partial charge >= 0.3 is 5.97 Å². The molecule has 1 amide bonds. The topological polar surface area (TPSA) is 90.6 Å². The van der Waals surface area contributed by atoms with Gasteiger partial charge in [-0.1, -0.05) is 30.3 Å². The van der Waals surface area contributed by atoms with Crippen LogP contribution in [0.4, 0.5) is 5.69 Å². The number of nitriles is 1. The summed E-state index contributed by atoms with van der Waals surface area (Å²) in [4.78, 5) is 25.6. The number of methoxy groups -OCH3 is 1. The Kier molecular flexibility index (Phi) is 4.23. The quantitative estimate of drug-likeness (QED) is 0.685. The number of rotatable bonds is 4. The third-order valence-electron chi connectivity index (χ3n) is 4.00. The summed E-state index contributed by atoms with van der Waals surface area (Å²) in [6, 6.07) is 15.7. The number of amides is 1. The molecule has 0 spiro atoms. The van der Waals surface area contributed by atoms with Gasteiger partial charge in [-0.15, -0.1) is 0 Å². The van der Waals surface area contributed by atoms with Gasteiger partial charge in [-0.25, -0.2) is 4.79 Å². The minimum absolute atomic E-state index is 0.0703. The van der Waals surface area contributed by atoms with E-state index in [1.807, 2.05) is 12.1 Å². The van der Waals surface area contributed by atoms with E-state index in [0.29, 0.717) is 17.0 Å². The fourth-order valence-electron chi connectivity index (χ4n) is 2.80. The third kappa shape index (κ3) is 2.83. The van der Waals surface area contributed by atoms with E-state index in [4.69, 9.17) is 10.00 Å². The van der Waals surface area contributed by atoms with Crippen LogP contribution in [-0.4, -0.2) is 24.1 Å². The summed E-state index contributed by atoms with van der Waals surface area (Å²) in [5.41, 5.74) is 1.29. The first kappa shape index (κ1) is 16.3. The molecule has 0 atom stereocenters. The Bertz CT molecular complexity index is 923. The maximum absolute atomic E-state index is 12.8. The lowest BCUT2D eigenvalue weighted by molar-refractivity contribution is -0.132. The Morgan fingerprint density at radius 1 is 1.20 bits per heavy atom. The van der Waals surface area contributed by atoms with Crippen LogP contribution in [0.5, 0.6) is 5.75 Å². The van der Waals surface area contributed by atoms with Crippen LogP contribution in [-0.2, 0) is 16.1 Å². The number of hydrogen-bond donors (Lipinski definition) is 1. The predicted octanol–water partition coefficient (Wildman–Crippen LogP) is 2.60. The van der Waals surface area contributed by atoms with E-state index in [9.17, 15) is 14.7 Å². The van der Waals surface area contributed by atoms with E-state index in [1.54, 1.807) is 49.6 Å². The molecule has 3 rings (SSSR count). The fraction of sp³-hybridized carbons (Fsp3) is 0.105. The van der Waals surface area contributed by atoms with E-state index in [-0.39, 0.29) is 12.1 Å². The lowest BCUT2D eigenvalue weighted by atomic mass is 10.0. The molecule has 6 heteroatoms. The van der Waals surface area contributed by atoms with Crippen LogP contribution in [0.15, 0.2) is 54.1 Å². The van der Waals surface area contributed by atoms with Crippen LogP contribution >= 0.6 is 0 Å². The van der Waals surface area contributed by atoms with Crippen molar-refractivity contribution >= 4 is 23.1 Å². The third-order valence-corrected chi connectivity index (χ3v) is 4.00. The van der Waals surface area contributed by atoms with Crippen molar-refractivity contribution in [3.05, 3.63) is 65.2 Å². The number of hydrogen-bond acceptors (Lipinski definition) is 4. The number of carbonyl (C=O) groups excluding carboxylic acids is 1. The smallest absolute Gasteiger partial charge is 0.347 e. The maximum Gasteiger partial charge on any atom is 0.347 e. The summed E-state index contributed by atoms with van der Waals surface area (Å²) in [5.74, 6) is -1.20. The van der Waals surface area contributed by atoms with E-state index in [0.717, 1.165) is 5.56 Å². The van der Waals surface area contributed by atoms with Crippen LogP contribution in [0.25, 0.3) is 5.57 Å². The van der Waals surface area contributed by atoms with Crippen molar-refractivity contribution < 1.29 is 19.4 Å². The minimum Gasteiger partial charge on any atom is -0.497 e. The second-order valence-electron chi connectivity index (χ2n) is 5.42. The Balaban J connectivity index is 2.05. The molecule has 1 heterocycles. The molecule has 0 aromatic heterocycles. The highest BCUT2D eigenvalue weighted by molar-refractivity contribution is 6.36. The first-order chi connectivity index (χ1) is 12.1. The van der Waals surface area contributed by atoms with Gasteiger partial charge in [0.05, 0.1) is 24.9 Å². The van der Waals surface area contributed by atoms with Crippen molar-refractivity contribution in [2.75, 3.05) is 12.0 Å². The molecule has 0 saturated heterocycles. The zero-order valence-corrected chi connectivity index (χ0v) is 13.4. The summed E-state index contributed by atoms with van der Waals surface area (Å²) >= 11 is 0. The van der Waals surface area contributed by atoms with Crippen molar-refractivity contribution in [2.24, 2.45) is 0 Å². The highest BCUT2D eigenvalue weighted by Crippen LogP contribution is 2.39. The number of nitrogens with zero attached hydrogens (tertiary/aromatic N) is 2. The molecule has 0 unspecified atom stereocenters. The number of ether oxygens (including phenoxy) is 1. The van der Waals surface area contributed by atoms with E-state index in [1.165, 1.54) is 4.90 Å². The lowest BCUT2D eigenvalue weighted by Crippen LogP contribution is -2.26. The van der Waals surface area contributed by atoms with Crippen LogP contribution < -0.4 is 9.64 Å². The van der Waals surface area contributed by atoms with Gasteiger partial charge in [0.2, 0.25) is 0 Å². The number of carboxylic acid groups (broad SMARTS) is 1. The van der Waals surface area contributed by atoms with Gasteiger partial charge in [-0.2, -0.15) is 5.26 Å². The molecule has 25 heavy (non-hydrogen) atoms. The van der Waals surface area contributed by atoms with Gasteiger partial charge in [0.15, 0.2) is 5.57 Å². The van der Waals surface area contributed by atoms with Gasteiger partial charge in [0.25, 0.3) is 5.91 Å². The largest absolute Gasteiger partial charge is 0.497 e. The van der Waals surface area contributed by atoms with Crippen LogP contribution in [0.1, 0.15) is 11.1 Å². The van der Waals surface area contributed by atoms with Gasteiger partial charge < -0.3 is 14.7 Å². The number of para-hydroxylation sites is 1. The normalized spacial score (nSPS) is 14.7. The van der Waals surface area contributed by atoms with Gasteiger partial charge in [0.1, 0.15) is 11.8 Å². The van der Waals surface area contributed by atoms with Gasteiger partial charge in [-0.05, 0) is 23.8 Å². The molecule has 124 valence electrons. The highest BCUT2D eigenvalue weighted by Gasteiger charge is 2.36. The van der Waals surface area contributed by atoms with Crippen LogP contribution in [0.3, 0.4) is 0 Å². The molecule has 0 aliphatic carbocycles. The molecule has 1 N–H and O–H groups in total. The molecular weight excluding hydrogens is 320 g/mol. The zero-order valence-electron chi connectivity index (χ0n) is 13.4. The highest BCUT2D eigenvalue weighted by atomic mass is 16.5. The average Bonchev–Trinajstić information content (AvgIpc) is 2.89. The number of carbonyl (C=O) groups is 2. The summed E-state index contributed by atoms with van der Waals surface area (Å²) < 4.78 is 5.12. The predicted molar refractivity (Wildman–Crippen MR) is 90.8 cm³/mol. The van der Waals surface area contributed by atoms with Crippen LogP contribution in [0.2, 0.25) is 0 Å². The number of aliphatic carboxylic acids is 1. The summed E-state index contributed by atoms with van der Waals surface area (Å²) in [6.07, 6.45) is 0. The lowest BCUT2D eigenvalue weighted by Gasteiger charge is -2.17. The molecule has 0 bridgehead atoms. The minimum atomic E-state index is -1.41. The monoisotopic (exact) mass is 334 g/mol. The first-order valence-electron chi connectivity index (χ1n) is 7.48. The average molecular weight is 334 g/mol. The fourth-order valence-corrected chi connectivity index (χ4v) is 2.80. The molecular formula is C19H14N2O4. The zero-order chi connectivity index (χ0) is 18.0. The Morgan fingerprint density at radius 2 is 1.88 bits per heavy atom. The molecule has 1 aliphatic rings. The molecule has 0 fully saturated rings. The summed E-state index contributed by atoms with van der Waals surface area (Å²) in [6.45, 7) is 0.266. The van der Waals surface area contributed by atoms with E-state index >= 15 is 0 Å². The molecule has 1 aliphatic heterocycles. The Hall–Kier alpha value is -3.59. The number of anilines is 1.